The van der Waals surface area contributed by atoms with Crippen LogP contribution in [0.5, 0.6) is 5.75 Å². The van der Waals surface area contributed by atoms with Crippen molar-refractivity contribution in [2.45, 2.75) is 9.24 Å². The van der Waals surface area contributed by atoms with Crippen LogP contribution in [0.4, 0.5) is 16.5 Å². The number of nitrogens with one attached hydrogen (secondary N) is 1. The largest absolute Gasteiger partial charge is 0.497 e. The Hall–Kier alpha value is -3.16. The van der Waals surface area contributed by atoms with Gasteiger partial charge in [-0.1, -0.05) is 11.3 Å². The standard InChI is InChI=1S/C16H11N5O3S2/c1-24-12-5-3-11(4-6-12)18-15-19-20-16(26-15)25-14-8-10(9-17)2-7-13(14)21(22)23/h2-8H,1H3,(H,18,19). The van der Waals surface area contributed by atoms with E-state index in [1.54, 1.807) is 7.11 Å². The molecule has 0 amide bonds. The van der Waals surface area contributed by atoms with Gasteiger partial charge in [-0.25, -0.2) is 0 Å². The van der Waals surface area contributed by atoms with Gasteiger partial charge in [0, 0.05) is 11.8 Å². The molecule has 0 aliphatic heterocycles. The molecule has 26 heavy (non-hydrogen) atoms. The Labute approximate surface area is 156 Å². The number of nitriles is 1. The number of benzene rings is 2. The lowest BCUT2D eigenvalue weighted by molar-refractivity contribution is -0.387. The highest BCUT2D eigenvalue weighted by atomic mass is 32.2. The summed E-state index contributed by atoms with van der Waals surface area (Å²) < 4.78 is 5.63. The Morgan fingerprint density at radius 2 is 2.04 bits per heavy atom. The van der Waals surface area contributed by atoms with E-state index >= 15 is 0 Å². The number of aromatic nitrogens is 2. The Morgan fingerprint density at radius 1 is 1.27 bits per heavy atom. The third-order valence-electron chi connectivity index (χ3n) is 3.23. The summed E-state index contributed by atoms with van der Waals surface area (Å²) >= 11 is 2.36. The predicted octanol–water partition coefficient (Wildman–Crippen LogP) is 4.22. The molecule has 0 aliphatic rings. The minimum atomic E-state index is -0.485. The van der Waals surface area contributed by atoms with Gasteiger partial charge in [0.25, 0.3) is 5.69 Å². The molecule has 0 saturated carbocycles. The van der Waals surface area contributed by atoms with E-state index < -0.39 is 4.92 Å². The highest BCUT2D eigenvalue weighted by molar-refractivity contribution is 8.01. The molecule has 0 fully saturated rings. The Balaban J connectivity index is 1.78. The quantitative estimate of drug-likeness (QED) is 0.495. The van der Waals surface area contributed by atoms with Crippen molar-refractivity contribution >= 4 is 39.6 Å². The van der Waals surface area contributed by atoms with E-state index in [-0.39, 0.29) is 5.69 Å². The molecule has 8 nitrogen and oxygen atoms in total. The maximum atomic E-state index is 11.2. The van der Waals surface area contributed by atoms with Crippen molar-refractivity contribution in [3.63, 3.8) is 0 Å². The fraction of sp³-hybridized carbons (Fsp3) is 0.0625. The average molecular weight is 385 g/mol. The van der Waals surface area contributed by atoms with E-state index in [9.17, 15) is 10.1 Å². The minimum Gasteiger partial charge on any atom is -0.497 e. The molecule has 0 aliphatic carbocycles. The predicted molar refractivity (Wildman–Crippen MR) is 98.1 cm³/mol. The van der Waals surface area contributed by atoms with Crippen LogP contribution in [0.1, 0.15) is 5.56 Å². The lowest BCUT2D eigenvalue weighted by Gasteiger charge is -2.03. The van der Waals surface area contributed by atoms with E-state index in [2.05, 4.69) is 15.5 Å². The highest BCUT2D eigenvalue weighted by Crippen LogP contribution is 2.38. The van der Waals surface area contributed by atoms with E-state index in [1.165, 1.54) is 29.5 Å². The fourth-order valence-electron chi connectivity index (χ4n) is 2.01. The lowest BCUT2D eigenvalue weighted by Crippen LogP contribution is -1.91. The second-order valence-electron chi connectivity index (χ2n) is 4.88. The van der Waals surface area contributed by atoms with Gasteiger partial charge in [0.05, 0.1) is 28.6 Å². The maximum absolute atomic E-state index is 11.2. The summed E-state index contributed by atoms with van der Waals surface area (Å²) in [6, 6.07) is 13.5. The van der Waals surface area contributed by atoms with Crippen molar-refractivity contribution in [1.29, 1.82) is 5.26 Å². The zero-order valence-corrected chi connectivity index (χ0v) is 15.0. The molecule has 1 N–H and O–H groups in total. The van der Waals surface area contributed by atoms with E-state index in [1.807, 2.05) is 30.3 Å². The molecule has 10 heteroatoms. The Kier molecular flexibility index (Phi) is 5.31. The fourth-order valence-corrected chi connectivity index (χ4v) is 3.88. The van der Waals surface area contributed by atoms with Gasteiger partial charge >= 0.3 is 0 Å². The lowest BCUT2D eigenvalue weighted by atomic mass is 10.2. The summed E-state index contributed by atoms with van der Waals surface area (Å²) in [5.74, 6) is 0.744. The number of nitrogens with zero attached hydrogens (tertiary/aromatic N) is 4. The molecule has 0 bridgehead atoms. The summed E-state index contributed by atoms with van der Waals surface area (Å²) in [6.07, 6.45) is 0. The van der Waals surface area contributed by atoms with Gasteiger partial charge < -0.3 is 10.1 Å². The second kappa shape index (κ2) is 7.81. The first kappa shape index (κ1) is 17.7. The molecule has 1 aromatic heterocycles. The maximum Gasteiger partial charge on any atom is 0.283 e. The van der Waals surface area contributed by atoms with Crippen molar-refractivity contribution in [2.24, 2.45) is 0 Å². The summed E-state index contributed by atoms with van der Waals surface area (Å²) in [5.41, 5.74) is 1.09. The van der Waals surface area contributed by atoms with Crippen molar-refractivity contribution in [1.82, 2.24) is 10.2 Å². The SMILES string of the molecule is COc1ccc(Nc2nnc(Sc3cc(C#N)ccc3[N+](=O)[O-])s2)cc1. The van der Waals surface area contributed by atoms with Crippen LogP contribution < -0.4 is 10.1 Å². The molecule has 0 saturated heterocycles. The van der Waals surface area contributed by atoms with Crippen LogP contribution >= 0.6 is 23.1 Å². The molecule has 2 aromatic carbocycles. The van der Waals surface area contributed by atoms with E-state index in [0.717, 1.165) is 23.2 Å². The normalized spacial score (nSPS) is 10.2. The first-order valence-corrected chi connectivity index (χ1v) is 8.83. The van der Waals surface area contributed by atoms with Crippen molar-refractivity contribution in [3.05, 3.63) is 58.1 Å². The Morgan fingerprint density at radius 3 is 2.69 bits per heavy atom. The van der Waals surface area contributed by atoms with Crippen molar-refractivity contribution in [3.8, 4) is 11.8 Å². The van der Waals surface area contributed by atoms with Crippen LogP contribution in [0.2, 0.25) is 0 Å². The van der Waals surface area contributed by atoms with Crippen LogP contribution in [0.15, 0.2) is 51.7 Å². The van der Waals surface area contributed by atoms with Crippen molar-refractivity contribution in [2.75, 3.05) is 12.4 Å². The molecule has 0 spiro atoms. The number of methoxy groups -OCH3 is 1. The molecule has 3 rings (SSSR count). The topological polar surface area (TPSA) is 114 Å². The Bertz CT molecular complexity index is 982. The average Bonchev–Trinajstić information content (AvgIpc) is 3.08. The second-order valence-corrected chi connectivity index (χ2v) is 7.15. The molecule has 0 unspecified atom stereocenters. The van der Waals surface area contributed by atoms with Gasteiger partial charge in [0.15, 0.2) is 4.34 Å². The number of ether oxygens (including phenoxy) is 1. The minimum absolute atomic E-state index is 0.0751. The van der Waals surface area contributed by atoms with Crippen LogP contribution in [0.3, 0.4) is 0 Å². The molecule has 130 valence electrons. The number of rotatable bonds is 6. The molecule has 1 heterocycles. The molecule has 0 radical (unpaired) electrons. The van der Waals surface area contributed by atoms with Crippen LogP contribution in [0, 0.1) is 21.4 Å². The molecular formula is C16H11N5O3S2. The number of hydrogen-bond acceptors (Lipinski definition) is 9. The van der Waals surface area contributed by atoms with Gasteiger partial charge in [0.1, 0.15) is 5.75 Å². The third kappa shape index (κ3) is 4.08. The molecule has 3 aromatic rings. The number of nitro benzene ring substituents is 1. The molecular weight excluding hydrogens is 374 g/mol. The van der Waals surface area contributed by atoms with Crippen LogP contribution in [-0.4, -0.2) is 22.2 Å². The van der Waals surface area contributed by atoms with E-state index in [0.29, 0.717) is 19.9 Å². The number of nitro groups is 1. The zero-order chi connectivity index (χ0) is 18.5. The van der Waals surface area contributed by atoms with Crippen LogP contribution in [0.25, 0.3) is 0 Å². The van der Waals surface area contributed by atoms with Crippen molar-refractivity contribution < 1.29 is 9.66 Å². The van der Waals surface area contributed by atoms with Gasteiger partial charge in [-0.2, -0.15) is 5.26 Å². The van der Waals surface area contributed by atoms with Gasteiger partial charge in [-0.3, -0.25) is 10.1 Å². The number of hydrogen-bond donors (Lipinski definition) is 1. The van der Waals surface area contributed by atoms with Gasteiger partial charge in [0.2, 0.25) is 5.13 Å². The highest BCUT2D eigenvalue weighted by Gasteiger charge is 2.17. The summed E-state index contributed by atoms with van der Waals surface area (Å²) in [5, 5.41) is 31.9. The molecule has 0 atom stereocenters. The summed E-state index contributed by atoms with van der Waals surface area (Å²) in [7, 11) is 1.59. The van der Waals surface area contributed by atoms with Gasteiger partial charge in [-0.05, 0) is 48.2 Å². The summed E-state index contributed by atoms with van der Waals surface area (Å²) in [4.78, 5) is 11.0. The zero-order valence-electron chi connectivity index (χ0n) is 13.4. The summed E-state index contributed by atoms with van der Waals surface area (Å²) in [6.45, 7) is 0. The van der Waals surface area contributed by atoms with Crippen LogP contribution in [-0.2, 0) is 0 Å². The van der Waals surface area contributed by atoms with Gasteiger partial charge in [-0.15, -0.1) is 10.2 Å². The monoisotopic (exact) mass is 385 g/mol. The smallest absolute Gasteiger partial charge is 0.283 e. The first-order chi connectivity index (χ1) is 12.6. The third-order valence-corrected chi connectivity index (χ3v) is 5.17. The van der Waals surface area contributed by atoms with E-state index in [4.69, 9.17) is 10.00 Å². The number of anilines is 2. The first-order valence-electron chi connectivity index (χ1n) is 7.20.